The highest BCUT2D eigenvalue weighted by atomic mass is 19.1. The predicted octanol–water partition coefficient (Wildman–Crippen LogP) is 3.05. The van der Waals surface area contributed by atoms with Crippen molar-refractivity contribution in [3.05, 3.63) is 46.5 Å². The van der Waals surface area contributed by atoms with Crippen LogP contribution in [0.3, 0.4) is 0 Å². The highest BCUT2D eigenvalue weighted by Crippen LogP contribution is 2.36. The van der Waals surface area contributed by atoms with E-state index in [1.165, 1.54) is 13.2 Å². The number of hydroxylamine groups is 3. The second kappa shape index (κ2) is 7.52. The molecule has 150 valence electrons. The van der Waals surface area contributed by atoms with E-state index in [0.717, 1.165) is 37.3 Å². The van der Waals surface area contributed by atoms with E-state index in [0.29, 0.717) is 23.8 Å². The SMILES string of the molecule is CCNc1ncc2c(n1)N1CCC[C@H]1C[N+]([O-])(Cc1ccc(OC)cc1F)C2. The molecule has 4 rings (SSSR count). The van der Waals surface area contributed by atoms with Crippen LogP contribution in [-0.2, 0) is 13.1 Å². The molecule has 1 unspecified atom stereocenters. The summed E-state index contributed by atoms with van der Waals surface area (Å²) < 4.78 is 19.0. The molecule has 2 aromatic rings. The molecule has 0 saturated carbocycles. The number of fused-ring (bicyclic) bond motifs is 3. The van der Waals surface area contributed by atoms with Crippen LogP contribution in [0.4, 0.5) is 16.2 Å². The van der Waals surface area contributed by atoms with Crippen molar-refractivity contribution in [3.63, 3.8) is 0 Å². The normalized spacial score (nSPS) is 23.7. The minimum Gasteiger partial charge on any atom is -0.632 e. The van der Waals surface area contributed by atoms with Gasteiger partial charge in [0, 0.05) is 30.9 Å². The summed E-state index contributed by atoms with van der Waals surface area (Å²) in [6.07, 6.45) is 3.73. The first-order valence-electron chi connectivity index (χ1n) is 9.77. The Morgan fingerprint density at radius 3 is 3.04 bits per heavy atom. The lowest BCUT2D eigenvalue weighted by Crippen LogP contribution is -2.47. The van der Waals surface area contributed by atoms with Crippen molar-refractivity contribution in [2.24, 2.45) is 0 Å². The summed E-state index contributed by atoms with van der Waals surface area (Å²) in [6, 6.07) is 4.80. The van der Waals surface area contributed by atoms with Crippen molar-refractivity contribution < 1.29 is 13.8 Å². The number of methoxy groups -OCH3 is 1. The number of rotatable bonds is 5. The maximum absolute atomic E-state index is 14.5. The van der Waals surface area contributed by atoms with Gasteiger partial charge in [-0.2, -0.15) is 4.98 Å². The smallest absolute Gasteiger partial charge is 0.224 e. The number of hydrogen-bond donors (Lipinski definition) is 1. The molecular formula is C20H26FN5O2. The fourth-order valence-electron chi connectivity index (χ4n) is 4.28. The van der Waals surface area contributed by atoms with Gasteiger partial charge >= 0.3 is 0 Å². The Hall–Kier alpha value is -2.45. The van der Waals surface area contributed by atoms with Crippen molar-refractivity contribution >= 4 is 11.8 Å². The van der Waals surface area contributed by atoms with E-state index in [2.05, 4.69) is 20.2 Å². The number of nitrogens with zero attached hydrogens (tertiary/aromatic N) is 4. The van der Waals surface area contributed by atoms with Gasteiger partial charge in [0.15, 0.2) is 0 Å². The summed E-state index contributed by atoms with van der Waals surface area (Å²) in [5.74, 6) is 1.48. The van der Waals surface area contributed by atoms with E-state index in [1.54, 1.807) is 18.3 Å². The topological polar surface area (TPSA) is 73.3 Å². The van der Waals surface area contributed by atoms with E-state index in [-0.39, 0.29) is 19.1 Å². The van der Waals surface area contributed by atoms with Crippen LogP contribution in [0.5, 0.6) is 5.75 Å². The Balaban J connectivity index is 1.67. The molecule has 0 bridgehead atoms. The average Bonchev–Trinajstić information content (AvgIpc) is 3.08. The second-order valence-corrected chi connectivity index (χ2v) is 7.58. The molecule has 7 nitrogen and oxygen atoms in total. The van der Waals surface area contributed by atoms with Crippen LogP contribution in [0.25, 0.3) is 0 Å². The number of aromatic nitrogens is 2. The number of ether oxygens (including phenoxy) is 1. The maximum atomic E-state index is 14.5. The lowest BCUT2D eigenvalue weighted by molar-refractivity contribution is -0.907. The van der Waals surface area contributed by atoms with Gasteiger partial charge < -0.3 is 24.8 Å². The third-order valence-electron chi connectivity index (χ3n) is 5.55. The fraction of sp³-hybridized carbons (Fsp3) is 0.500. The van der Waals surface area contributed by atoms with Crippen molar-refractivity contribution in [3.8, 4) is 5.75 Å². The number of nitrogens with one attached hydrogen (secondary N) is 1. The summed E-state index contributed by atoms with van der Waals surface area (Å²) in [7, 11) is 1.50. The van der Waals surface area contributed by atoms with Crippen molar-refractivity contribution in [1.82, 2.24) is 9.97 Å². The third-order valence-corrected chi connectivity index (χ3v) is 5.55. The fourth-order valence-corrected chi connectivity index (χ4v) is 4.28. The quantitative estimate of drug-likeness (QED) is 0.628. The van der Waals surface area contributed by atoms with Gasteiger partial charge in [0.1, 0.15) is 30.5 Å². The molecule has 28 heavy (non-hydrogen) atoms. The molecule has 0 spiro atoms. The van der Waals surface area contributed by atoms with Crippen LogP contribution in [-0.4, -0.2) is 47.4 Å². The van der Waals surface area contributed by atoms with Gasteiger partial charge in [0.2, 0.25) is 5.95 Å². The molecule has 1 fully saturated rings. The first-order valence-corrected chi connectivity index (χ1v) is 9.77. The molecule has 2 aliphatic heterocycles. The molecule has 2 aliphatic rings. The van der Waals surface area contributed by atoms with Crippen LogP contribution >= 0.6 is 0 Å². The largest absolute Gasteiger partial charge is 0.632 e. The number of hydrogen-bond acceptors (Lipinski definition) is 6. The molecule has 0 radical (unpaired) electrons. The highest BCUT2D eigenvalue weighted by Gasteiger charge is 2.38. The molecule has 1 aromatic carbocycles. The van der Waals surface area contributed by atoms with Gasteiger partial charge in [0.05, 0.1) is 25.3 Å². The summed E-state index contributed by atoms with van der Waals surface area (Å²) in [6.45, 7) is 4.35. The van der Waals surface area contributed by atoms with Crippen LogP contribution in [0.1, 0.15) is 30.9 Å². The van der Waals surface area contributed by atoms with Crippen LogP contribution in [0, 0.1) is 11.0 Å². The van der Waals surface area contributed by atoms with Crippen molar-refractivity contribution in [2.45, 2.75) is 38.9 Å². The zero-order chi connectivity index (χ0) is 19.7. The van der Waals surface area contributed by atoms with Gasteiger partial charge in [0.25, 0.3) is 0 Å². The van der Waals surface area contributed by atoms with Crippen LogP contribution in [0.2, 0.25) is 0 Å². The van der Waals surface area contributed by atoms with Gasteiger partial charge in [-0.25, -0.2) is 9.37 Å². The Bertz CT molecular complexity index is 864. The van der Waals surface area contributed by atoms with Crippen LogP contribution in [0.15, 0.2) is 24.4 Å². The van der Waals surface area contributed by atoms with Crippen LogP contribution < -0.4 is 15.0 Å². The van der Waals surface area contributed by atoms with Gasteiger partial charge in [-0.1, -0.05) is 0 Å². The third kappa shape index (κ3) is 3.62. The summed E-state index contributed by atoms with van der Waals surface area (Å²) in [5, 5.41) is 16.9. The van der Waals surface area contributed by atoms with E-state index in [9.17, 15) is 9.60 Å². The second-order valence-electron chi connectivity index (χ2n) is 7.58. The first kappa shape index (κ1) is 18.9. The molecular weight excluding hydrogens is 361 g/mol. The molecule has 1 N–H and O–H groups in total. The molecule has 0 aliphatic carbocycles. The summed E-state index contributed by atoms with van der Waals surface area (Å²) in [5.41, 5.74) is 1.24. The van der Waals surface area contributed by atoms with E-state index < -0.39 is 10.5 Å². The molecule has 8 heteroatoms. The van der Waals surface area contributed by atoms with Gasteiger partial charge in [-0.3, -0.25) is 0 Å². The molecule has 1 aromatic heterocycles. The molecule has 3 heterocycles. The Labute approximate surface area is 164 Å². The Kier molecular flexibility index (Phi) is 5.07. The number of benzene rings is 1. The van der Waals surface area contributed by atoms with E-state index in [1.807, 2.05) is 6.92 Å². The molecule has 2 atom stereocenters. The lowest BCUT2D eigenvalue weighted by Gasteiger charge is -2.43. The number of anilines is 2. The maximum Gasteiger partial charge on any atom is 0.224 e. The Morgan fingerprint density at radius 2 is 2.29 bits per heavy atom. The van der Waals surface area contributed by atoms with Crippen molar-refractivity contribution in [2.75, 3.05) is 37.0 Å². The van der Waals surface area contributed by atoms with E-state index >= 15 is 0 Å². The lowest BCUT2D eigenvalue weighted by atomic mass is 10.1. The zero-order valence-corrected chi connectivity index (χ0v) is 16.3. The van der Waals surface area contributed by atoms with Gasteiger partial charge in [-0.15, -0.1) is 0 Å². The molecule has 1 saturated heterocycles. The molecule has 0 amide bonds. The Morgan fingerprint density at radius 1 is 1.43 bits per heavy atom. The first-order chi connectivity index (χ1) is 13.5. The average molecular weight is 387 g/mol. The highest BCUT2D eigenvalue weighted by molar-refractivity contribution is 5.51. The summed E-state index contributed by atoms with van der Waals surface area (Å²) in [4.78, 5) is 11.3. The number of halogens is 1. The zero-order valence-electron chi connectivity index (χ0n) is 16.3. The standard InChI is InChI=1S/C20H26FN5O2/c1-3-22-20-23-10-15-12-26(27,11-14-6-7-17(28-2)9-18(14)21)13-16-5-4-8-25(16)19(15)24-20/h6-7,9-10,16H,3-5,8,11-13H2,1-2H3,(H,22,23,24)/t16-,26?/m0/s1. The van der Waals surface area contributed by atoms with E-state index in [4.69, 9.17) is 4.74 Å². The van der Waals surface area contributed by atoms with Crippen molar-refractivity contribution in [1.29, 1.82) is 0 Å². The summed E-state index contributed by atoms with van der Waals surface area (Å²) >= 11 is 0. The minimum absolute atomic E-state index is 0.0779. The number of quaternary nitrogens is 1. The predicted molar refractivity (Wildman–Crippen MR) is 105 cm³/mol. The minimum atomic E-state index is -0.513. The monoisotopic (exact) mass is 387 g/mol. The van der Waals surface area contributed by atoms with Gasteiger partial charge in [-0.05, 0) is 31.9 Å².